The molecule has 1 rings (SSSR count). The minimum atomic E-state index is -0.449. The van der Waals surface area contributed by atoms with Gasteiger partial charge in [-0.05, 0) is 32.2 Å². The van der Waals surface area contributed by atoms with E-state index in [1.54, 1.807) is 11.8 Å². The smallest absolute Gasteiger partial charge is 0.292 e. The van der Waals surface area contributed by atoms with Gasteiger partial charge in [-0.2, -0.15) is 17.0 Å². The van der Waals surface area contributed by atoms with E-state index < -0.39 is 4.92 Å². The van der Waals surface area contributed by atoms with E-state index in [-0.39, 0.29) is 10.4 Å². The lowest BCUT2D eigenvalue weighted by Gasteiger charge is -2.22. The first-order valence-corrected chi connectivity index (χ1v) is 6.59. The second kappa shape index (κ2) is 5.74. The quantitative estimate of drug-likeness (QED) is 0.654. The lowest BCUT2D eigenvalue weighted by Crippen LogP contribution is -2.26. The zero-order valence-electron chi connectivity index (χ0n) is 10.6. The van der Waals surface area contributed by atoms with Gasteiger partial charge in [0.1, 0.15) is 5.69 Å². The number of nitrogens with one attached hydrogen (secondary N) is 1. The molecule has 0 spiro atoms. The third-order valence-electron chi connectivity index (χ3n) is 2.58. The Hall–Kier alpha value is -1.74. The summed E-state index contributed by atoms with van der Waals surface area (Å²) in [5.41, 5.74) is 0.789. The number of hydrogen-bond acceptors (Lipinski definition) is 5. The number of anilines is 1. The summed E-state index contributed by atoms with van der Waals surface area (Å²) in [5, 5.41) is 22.8. The van der Waals surface area contributed by atoms with Crippen LogP contribution in [0.1, 0.15) is 19.4 Å². The summed E-state index contributed by atoms with van der Waals surface area (Å²) in [6, 6.07) is 6.29. The summed E-state index contributed by atoms with van der Waals surface area (Å²) in [7, 11) is 0. The van der Waals surface area contributed by atoms with E-state index in [9.17, 15) is 10.1 Å². The second-order valence-corrected chi connectivity index (χ2v) is 5.93. The molecule has 0 unspecified atom stereocenters. The van der Waals surface area contributed by atoms with E-state index in [0.717, 1.165) is 0 Å². The zero-order chi connectivity index (χ0) is 13.8. The third kappa shape index (κ3) is 3.64. The van der Waals surface area contributed by atoms with Gasteiger partial charge in [0.2, 0.25) is 0 Å². The number of nitriles is 1. The Kier molecular flexibility index (Phi) is 4.56. The molecule has 1 aromatic rings. The van der Waals surface area contributed by atoms with Crippen molar-refractivity contribution in [3.8, 4) is 6.07 Å². The summed E-state index contributed by atoms with van der Waals surface area (Å²) in [6.07, 6.45) is 1.99. The standard InChI is InChI=1S/C12H15N3O2S/c1-12(2,18-3)8-14-10-6-9(7-13)4-5-11(10)15(16)17/h4-6,14H,8H2,1-3H3. The van der Waals surface area contributed by atoms with Crippen molar-refractivity contribution in [3.63, 3.8) is 0 Å². The number of thioether (sulfide) groups is 1. The van der Waals surface area contributed by atoms with Gasteiger partial charge in [-0.15, -0.1) is 0 Å². The van der Waals surface area contributed by atoms with Gasteiger partial charge in [-0.3, -0.25) is 10.1 Å². The van der Waals surface area contributed by atoms with Crippen LogP contribution < -0.4 is 5.32 Å². The first-order chi connectivity index (χ1) is 8.39. The Labute approximate surface area is 110 Å². The molecule has 0 heterocycles. The van der Waals surface area contributed by atoms with Crippen molar-refractivity contribution in [1.29, 1.82) is 5.26 Å². The largest absolute Gasteiger partial charge is 0.378 e. The van der Waals surface area contributed by atoms with Crippen LogP contribution in [-0.2, 0) is 0 Å². The molecule has 1 aromatic carbocycles. The van der Waals surface area contributed by atoms with Crippen LogP contribution in [0.3, 0.4) is 0 Å². The van der Waals surface area contributed by atoms with Gasteiger partial charge >= 0.3 is 0 Å². The topological polar surface area (TPSA) is 79.0 Å². The van der Waals surface area contributed by atoms with Gasteiger partial charge < -0.3 is 5.32 Å². The van der Waals surface area contributed by atoms with Crippen LogP contribution in [0.15, 0.2) is 18.2 Å². The van der Waals surface area contributed by atoms with Crippen LogP contribution in [0.25, 0.3) is 0 Å². The number of nitro groups is 1. The highest BCUT2D eigenvalue weighted by atomic mass is 32.2. The summed E-state index contributed by atoms with van der Waals surface area (Å²) >= 11 is 1.67. The SMILES string of the molecule is CSC(C)(C)CNc1cc(C#N)ccc1[N+](=O)[O-]. The molecule has 18 heavy (non-hydrogen) atoms. The zero-order valence-corrected chi connectivity index (χ0v) is 11.4. The number of nitrogens with zero attached hydrogens (tertiary/aromatic N) is 2. The number of nitro benzene ring substituents is 1. The summed E-state index contributed by atoms with van der Waals surface area (Å²) in [5.74, 6) is 0. The maximum Gasteiger partial charge on any atom is 0.292 e. The second-order valence-electron chi connectivity index (χ2n) is 4.42. The molecule has 0 bridgehead atoms. The predicted molar refractivity (Wildman–Crippen MR) is 73.9 cm³/mol. The molecular formula is C12H15N3O2S. The summed E-state index contributed by atoms with van der Waals surface area (Å²) < 4.78 is -0.0312. The highest BCUT2D eigenvalue weighted by Crippen LogP contribution is 2.28. The van der Waals surface area contributed by atoms with Crippen LogP contribution in [0.5, 0.6) is 0 Å². The van der Waals surface area contributed by atoms with Crippen LogP contribution in [-0.4, -0.2) is 22.5 Å². The monoisotopic (exact) mass is 265 g/mol. The highest BCUT2D eigenvalue weighted by molar-refractivity contribution is 7.99. The molecule has 0 amide bonds. The maximum absolute atomic E-state index is 10.9. The Bertz CT molecular complexity index is 495. The van der Waals surface area contributed by atoms with Gasteiger partial charge in [-0.25, -0.2) is 0 Å². The molecule has 0 aliphatic rings. The van der Waals surface area contributed by atoms with E-state index in [4.69, 9.17) is 5.26 Å². The fraction of sp³-hybridized carbons (Fsp3) is 0.417. The van der Waals surface area contributed by atoms with E-state index in [2.05, 4.69) is 5.32 Å². The predicted octanol–water partition coefficient (Wildman–Crippen LogP) is 3.02. The molecule has 6 heteroatoms. The molecule has 0 aliphatic carbocycles. The van der Waals surface area contributed by atoms with E-state index >= 15 is 0 Å². The van der Waals surface area contributed by atoms with Crippen LogP contribution in [0, 0.1) is 21.4 Å². The number of benzene rings is 1. The first kappa shape index (κ1) is 14.3. The van der Waals surface area contributed by atoms with Crippen molar-refractivity contribution in [3.05, 3.63) is 33.9 Å². The van der Waals surface area contributed by atoms with Crippen LogP contribution in [0.2, 0.25) is 0 Å². The average molecular weight is 265 g/mol. The molecule has 96 valence electrons. The van der Waals surface area contributed by atoms with Crippen LogP contribution in [0.4, 0.5) is 11.4 Å². The maximum atomic E-state index is 10.9. The third-order valence-corrected chi connectivity index (χ3v) is 3.83. The number of rotatable bonds is 5. The molecule has 0 saturated heterocycles. The molecule has 0 radical (unpaired) electrons. The molecule has 5 nitrogen and oxygen atoms in total. The van der Waals surface area contributed by atoms with Crippen molar-refractivity contribution in [2.75, 3.05) is 18.1 Å². The molecule has 0 aromatic heterocycles. The minimum absolute atomic E-state index is 0.00842. The Morgan fingerprint density at radius 3 is 2.72 bits per heavy atom. The molecule has 1 N–H and O–H groups in total. The van der Waals surface area contributed by atoms with E-state index in [1.807, 2.05) is 26.2 Å². The van der Waals surface area contributed by atoms with Crippen molar-refractivity contribution >= 4 is 23.1 Å². The van der Waals surface area contributed by atoms with E-state index in [1.165, 1.54) is 18.2 Å². The van der Waals surface area contributed by atoms with Crippen LogP contribution >= 0.6 is 11.8 Å². The number of hydrogen-bond donors (Lipinski definition) is 1. The lowest BCUT2D eigenvalue weighted by atomic mass is 10.1. The van der Waals surface area contributed by atoms with Gasteiger partial charge in [-0.1, -0.05) is 0 Å². The van der Waals surface area contributed by atoms with Crippen molar-refractivity contribution in [1.82, 2.24) is 0 Å². The fourth-order valence-electron chi connectivity index (χ4n) is 1.29. The molecular weight excluding hydrogens is 250 g/mol. The Balaban J connectivity index is 2.99. The molecule has 0 atom stereocenters. The highest BCUT2D eigenvalue weighted by Gasteiger charge is 2.19. The van der Waals surface area contributed by atoms with Gasteiger partial charge in [0.25, 0.3) is 5.69 Å². The summed E-state index contributed by atoms with van der Waals surface area (Å²) in [4.78, 5) is 10.4. The van der Waals surface area contributed by atoms with Crippen molar-refractivity contribution in [2.24, 2.45) is 0 Å². The Morgan fingerprint density at radius 2 is 2.22 bits per heavy atom. The summed E-state index contributed by atoms with van der Waals surface area (Å²) in [6.45, 7) is 4.68. The fourth-order valence-corrected chi connectivity index (χ4v) is 1.50. The Morgan fingerprint density at radius 1 is 1.56 bits per heavy atom. The normalized spacial score (nSPS) is 10.8. The first-order valence-electron chi connectivity index (χ1n) is 5.37. The van der Waals surface area contributed by atoms with Gasteiger partial charge in [0, 0.05) is 17.4 Å². The lowest BCUT2D eigenvalue weighted by molar-refractivity contribution is -0.384. The van der Waals surface area contributed by atoms with E-state index in [0.29, 0.717) is 17.8 Å². The molecule has 0 fully saturated rings. The van der Waals surface area contributed by atoms with Crippen molar-refractivity contribution in [2.45, 2.75) is 18.6 Å². The average Bonchev–Trinajstić information content (AvgIpc) is 2.36. The molecule has 0 aliphatic heterocycles. The van der Waals surface area contributed by atoms with Gasteiger partial charge in [0.05, 0.1) is 16.6 Å². The van der Waals surface area contributed by atoms with Gasteiger partial charge in [0.15, 0.2) is 0 Å². The van der Waals surface area contributed by atoms with Crippen molar-refractivity contribution < 1.29 is 4.92 Å². The minimum Gasteiger partial charge on any atom is -0.378 e. The molecule has 0 saturated carbocycles.